The molecular formula is C13H14N2O2S. The molecule has 94 valence electrons. The molecule has 0 aliphatic carbocycles. The van der Waals surface area contributed by atoms with Crippen molar-refractivity contribution < 1.29 is 9.90 Å². The highest BCUT2D eigenvalue weighted by molar-refractivity contribution is 7.14. The predicted molar refractivity (Wildman–Crippen MR) is 72.6 cm³/mol. The molecule has 0 fully saturated rings. The summed E-state index contributed by atoms with van der Waals surface area (Å²) in [5, 5.41) is 14.1. The third-order valence-corrected chi connectivity index (χ3v) is 3.17. The van der Waals surface area contributed by atoms with Gasteiger partial charge < -0.3 is 10.4 Å². The van der Waals surface area contributed by atoms with Crippen LogP contribution < -0.4 is 5.32 Å². The van der Waals surface area contributed by atoms with Crippen LogP contribution in [-0.4, -0.2) is 22.6 Å². The van der Waals surface area contributed by atoms with E-state index in [2.05, 4.69) is 10.3 Å². The van der Waals surface area contributed by atoms with Crippen molar-refractivity contribution in [3.8, 4) is 11.3 Å². The van der Waals surface area contributed by atoms with Crippen molar-refractivity contribution in [3.63, 3.8) is 0 Å². The molecule has 0 bridgehead atoms. The zero-order valence-electron chi connectivity index (χ0n) is 10.0. The molecule has 0 saturated heterocycles. The van der Waals surface area contributed by atoms with E-state index in [4.69, 9.17) is 5.11 Å². The molecule has 0 spiro atoms. The van der Waals surface area contributed by atoms with Gasteiger partial charge in [-0.05, 0) is 18.1 Å². The Morgan fingerprint density at radius 3 is 3.06 bits per heavy atom. The van der Waals surface area contributed by atoms with Gasteiger partial charge in [0.25, 0.3) is 0 Å². The van der Waals surface area contributed by atoms with E-state index < -0.39 is 0 Å². The van der Waals surface area contributed by atoms with Crippen LogP contribution in [0, 0.1) is 0 Å². The van der Waals surface area contributed by atoms with Gasteiger partial charge in [-0.3, -0.25) is 4.79 Å². The third kappa shape index (κ3) is 3.15. The summed E-state index contributed by atoms with van der Waals surface area (Å²) in [6.07, 6.45) is 0.635. The molecule has 1 amide bonds. The first kappa shape index (κ1) is 12.7. The van der Waals surface area contributed by atoms with E-state index in [-0.39, 0.29) is 12.5 Å². The number of amides is 1. The Morgan fingerprint density at radius 2 is 2.33 bits per heavy atom. The molecule has 1 heterocycles. The standard InChI is InChI=1S/C13H14N2O2S/c1-9(17)14-13-15-12(8-18-13)11-4-2-3-10(7-11)5-6-16/h2-4,7-8,16H,5-6H2,1H3,(H,14,15,17). The number of carbonyl (C=O) groups is 1. The number of aliphatic hydroxyl groups excluding tert-OH is 1. The summed E-state index contributed by atoms with van der Waals surface area (Å²) in [6, 6.07) is 7.88. The number of hydrogen-bond donors (Lipinski definition) is 2. The van der Waals surface area contributed by atoms with Gasteiger partial charge in [-0.25, -0.2) is 4.98 Å². The third-order valence-electron chi connectivity index (χ3n) is 2.41. The second-order valence-corrected chi connectivity index (χ2v) is 4.75. The zero-order valence-corrected chi connectivity index (χ0v) is 10.8. The maximum atomic E-state index is 10.9. The number of hydrogen-bond acceptors (Lipinski definition) is 4. The Kier molecular flexibility index (Phi) is 4.07. The predicted octanol–water partition coefficient (Wildman–Crippen LogP) is 2.30. The lowest BCUT2D eigenvalue weighted by molar-refractivity contribution is -0.114. The van der Waals surface area contributed by atoms with Crippen LogP contribution in [0.4, 0.5) is 5.13 Å². The number of nitrogens with zero attached hydrogens (tertiary/aromatic N) is 1. The van der Waals surface area contributed by atoms with Crippen molar-refractivity contribution >= 4 is 22.4 Å². The number of anilines is 1. The molecule has 1 aromatic carbocycles. The smallest absolute Gasteiger partial charge is 0.223 e. The number of benzene rings is 1. The number of aromatic nitrogens is 1. The normalized spacial score (nSPS) is 10.3. The Bertz CT molecular complexity index is 551. The van der Waals surface area contributed by atoms with Crippen molar-refractivity contribution in [1.29, 1.82) is 0 Å². The SMILES string of the molecule is CC(=O)Nc1nc(-c2cccc(CCO)c2)cs1. The van der Waals surface area contributed by atoms with Crippen LogP contribution >= 0.6 is 11.3 Å². The fourth-order valence-electron chi connectivity index (χ4n) is 1.63. The maximum absolute atomic E-state index is 10.9. The van der Waals surface area contributed by atoms with E-state index in [0.717, 1.165) is 16.8 Å². The van der Waals surface area contributed by atoms with Gasteiger partial charge >= 0.3 is 0 Å². The Labute approximate surface area is 109 Å². The average Bonchev–Trinajstić information content (AvgIpc) is 2.77. The summed E-state index contributed by atoms with van der Waals surface area (Å²) < 4.78 is 0. The van der Waals surface area contributed by atoms with Gasteiger partial charge in [0, 0.05) is 24.5 Å². The Hall–Kier alpha value is -1.72. The number of thiazole rings is 1. The number of aliphatic hydroxyl groups is 1. The van der Waals surface area contributed by atoms with Crippen LogP contribution in [0.3, 0.4) is 0 Å². The van der Waals surface area contributed by atoms with E-state index in [1.807, 2.05) is 29.6 Å². The first-order valence-electron chi connectivity index (χ1n) is 5.62. The quantitative estimate of drug-likeness (QED) is 0.888. The highest BCUT2D eigenvalue weighted by Crippen LogP contribution is 2.25. The molecule has 0 atom stereocenters. The van der Waals surface area contributed by atoms with Crippen molar-refractivity contribution in [2.45, 2.75) is 13.3 Å². The lowest BCUT2D eigenvalue weighted by Crippen LogP contribution is -2.04. The summed E-state index contributed by atoms with van der Waals surface area (Å²) in [5.41, 5.74) is 2.90. The minimum absolute atomic E-state index is 0.120. The highest BCUT2D eigenvalue weighted by Gasteiger charge is 2.06. The molecule has 0 unspecified atom stereocenters. The van der Waals surface area contributed by atoms with Gasteiger partial charge in [-0.2, -0.15) is 0 Å². The van der Waals surface area contributed by atoms with Gasteiger partial charge in [0.15, 0.2) is 5.13 Å². The maximum Gasteiger partial charge on any atom is 0.223 e. The Balaban J connectivity index is 2.22. The van der Waals surface area contributed by atoms with Crippen molar-refractivity contribution in [1.82, 2.24) is 4.98 Å². The fraction of sp³-hybridized carbons (Fsp3) is 0.231. The molecule has 1 aromatic heterocycles. The summed E-state index contributed by atoms with van der Waals surface area (Å²) in [4.78, 5) is 15.3. The molecule has 4 nitrogen and oxygen atoms in total. The molecule has 0 aliphatic rings. The minimum atomic E-state index is -0.120. The van der Waals surface area contributed by atoms with Gasteiger partial charge in [-0.15, -0.1) is 11.3 Å². The van der Waals surface area contributed by atoms with E-state index in [1.54, 1.807) is 0 Å². The van der Waals surface area contributed by atoms with Crippen LogP contribution in [0.25, 0.3) is 11.3 Å². The van der Waals surface area contributed by atoms with Crippen molar-refractivity contribution in [2.75, 3.05) is 11.9 Å². The van der Waals surface area contributed by atoms with Crippen LogP contribution in [0.1, 0.15) is 12.5 Å². The number of rotatable bonds is 4. The molecule has 5 heteroatoms. The topological polar surface area (TPSA) is 62.2 Å². The molecule has 2 aromatic rings. The summed E-state index contributed by atoms with van der Waals surface area (Å²) >= 11 is 1.40. The lowest BCUT2D eigenvalue weighted by atomic mass is 10.1. The van der Waals surface area contributed by atoms with E-state index in [0.29, 0.717) is 11.6 Å². The molecule has 0 radical (unpaired) electrons. The molecule has 2 N–H and O–H groups in total. The van der Waals surface area contributed by atoms with E-state index in [9.17, 15) is 4.79 Å². The van der Waals surface area contributed by atoms with Crippen LogP contribution in [0.2, 0.25) is 0 Å². The van der Waals surface area contributed by atoms with Crippen molar-refractivity contribution in [3.05, 3.63) is 35.2 Å². The molecule has 2 rings (SSSR count). The van der Waals surface area contributed by atoms with Gasteiger partial charge in [0.2, 0.25) is 5.91 Å². The monoisotopic (exact) mass is 262 g/mol. The summed E-state index contributed by atoms with van der Waals surface area (Å²) in [6.45, 7) is 1.60. The fourth-order valence-corrected chi connectivity index (χ4v) is 2.40. The first-order chi connectivity index (χ1) is 8.69. The Morgan fingerprint density at radius 1 is 1.50 bits per heavy atom. The molecular weight excluding hydrogens is 248 g/mol. The van der Waals surface area contributed by atoms with Crippen LogP contribution in [0.15, 0.2) is 29.6 Å². The average molecular weight is 262 g/mol. The van der Waals surface area contributed by atoms with Gasteiger partial charge in [-0.1, -0.05) is 18.2 Å². The van der Waals surface area contributed by atoms with Crippen LogP contribution in [-0.2, 0) is 11.2 Å². The van der Waals surface area contributed by atoms with Crippen LogP contribution in [0.5, 0.6) is 0 Å². The lowest BCUT2D eigenvalue weighted by Gasteiger charge is -2.01. The summed E-state index contributed by atoms with van der Waals surface area (Å²) in [5.74, 6) is -0.120. The van der Waals surface area contributed by atoms with E-state index in [1.165, 1.54) is 18.3 Å². The first-order valence-corrected chi connectivity index (χ1v) is 6.50. The second kappa shape index (κ2) is 5.75. The second-order valence-electron chi connectivity index (χ2n) is 3.89. The number of carbonyl (C=O) groups excluding carboxylic acids is 1. The number of nitrogens with one attached hydrogen (secondary N) is 1. The highest BCUT2D eigenvalue weighted by atomic mass is 32.1. The molecule has 0 aliphatic heterocycles. The molecule has 0 saturated carbocycles. The minimum Gasteiger partial charge on any atom is -0.396 e. The van der Waals surface area contributed by atoms with E-state index >= 15 is 0 Å². The van der Waals surface area contributed by atoms with Gasteiger partial charge in [0.05, 0.1) is 5.69 Å². The molecule has 18 heavy (non-hydrogen) atoms. The zero-order chi connectivity index (χ0) is 13.0. The van der Waals surface area contributed by atoms with Crippen molar-refractivity contribution in [2.24, 2.45) is 0 Å². The summed E-state index contributed by atoms with van der Waals surface area (Å²) in [7, 11) is 0. The largest absolute Gasteiger partial charge is 0.396 e. The van der Waals surface area contributed by atoms with Gasteiger partial charge in [0.1, 0.15) is 0 Å².